The van der Waals surface area contributed by atoms with Gasteiger partial charge >= 0.3 is 24.2 Å². The fourth-order valence-corrected chi connectivity index (χ4v) is 3.97. The van der Waals surface area contributed by atoms with Crippen molar-refractivity contribution in [3.05, 3.63) is 93.2 Å². The Morgan fingerprint density at radius 1 is 0.700 bits per heavy atom. The van der Waals surface area contributed by atoms with Gasteiger partial charge < -0.3 is 10.6 Å². The largest absolute Gasteiger partial charge is 0.435 e. The minimum Gasteiger partial charge on any atom is -0.320 e. The Morgan fingerprint density at radius 3 is 1.80 bits per heavy atom. The Bertz CT molecular complexity index is 1420. The van der Waals surface area contributed by atoms with Crippen LogP contribution in [0.3, 0.4) is 0 Å². The molecule has 0 atom stereocenters. The summed E-state index contributed by atoms with van der Waals surface area (Å²) in [5, 5.41) is 3.71. The molecule has 0 unspecified atom stereocenters. The number of rotatable bonds is 5. The fraction of sp³-hybridized carbons (Fsp3) is 0.167. The first-order chi connectivity index (χ1) is 18.3. The highest BCUT2D eigenvalue weighted by Gasteiger charge is 2.73. The van der Waals surface area contributed by atoms with Crippen molar-refractivity contribution in [1.82, 2.24) is 0 Å². The van der Waals surface area contributed by atoms with Crippen molar-refractivity contribution in [2.24, 2.45) is 0 Å². The van der Waals surface area contributed by atoms with Crippen molar-refractivity contribution in [3.8, 4) is 0 Å². The Kier molecular flexibility index (Phi) is 8.26. The zero-order valence-electron chi connectivity index (χ0n) is 19.1. The Labute approximate surface area is 225 Å². The van der Waals surface area contributed by atoms with E-state index in [9.17, 15) is 53.5 Å². The van der Waals surface area contributed by atoms with Crippen molar-refractivity contribution >= 4 is 39.1 Å². The molecule has 0 fully saturated rings. The van der Waals surface area contributed by atoms with Gasteiger partial charge in [-0.25, -0.2) is 8.78 Å². The summed E-state index contributed by atoms with van der Waals surface area (Å²) < 4.78 is 148. The van der Waals surface area contributed by atoms with Gasteiger partial charge in [-0.2, -0.15) is 39.5 Å². The monoisotopic (exact) mass is 648 g/mol. The van der Waals surface area contributed by atoms with Gasteiger partial charge in [0.2, 0.25) is 0 Å². The molecule has 16 heteroatoms. The predicted molar refractivity (Wildman–Crippen MR) is 123 cm³/mol. The maximum atomic E-state index is 15.0. The summed E-state index contributed by atoms with van der Waals surface area (Å²) >= 11 is 2.34. The van der Waals surface area contributed by atoms with Gasteiger partial charge in [-0.3, -0.25) is 9.59 Å². The number of carbonyl (C=O) groups excluding carboxylic acids is 2. The van der Waals surface area contributed by atoms with Crippen LogP contribution in [0.25, 0.3) is 0 Å². The molecular formula is C24H12BrF11N2O2. The van der Waals surface area contributed by atoms with Gasteiger partial charge in [0.15, 0.2) is 5.82 Å². The number of hydrogen-bond donors (Lipinski definition) is 2. The molecule has 0 aliphatic carbocycles. The molecule has 0 bridgehead atoms. The first-order valence-electron chi connectivity index (χ1n) is 10.5. The topological polar surface area (TPSA) is 58.2 Å². The van der Waals surface area contributed by atoms with Crippen molar-refractivity contribution in [2.75, 3.05) is 10.6 Å². The number of carbonyl (C=O) groups is 2. The minimum absolute atomic E-state index is 0.0808. The van der Waals surface area contributed by atoms with Crippen LogP contribution in [0.5, 0.6) is 0 Å². The summed E-state index contributed by atoms with van der Waals surface area (Å²) in [4.78, 5) is 25.0. The molecule has 0 spiro atoms. The number of halogens is 12. The van der Waals surface area contributed by atoms with Gasteiger partial charge in [-0.1, -0.05) is 24.3 Å². The van der Waals surface area contributed by atoms with E-state index in [2.05, 4.69) is 21.2 Å². The van der Waals surface area contributed by atoms with Gasteiger partial charge in [-0.05, 0) is 52.3 Å². The molecule has 3 aromatic carbocycles. The second kappa shape index (κ2) is 10.7. The van der Waals surface area contributed by atoms with Crippen LogP contribution >= 0.6 is 15.9 Å². The fourth-order valence-electron chi connectivity index (χ4n) is 3.41. The van der Waals surface area contributed by atoms with E-state index in [0.29, 0.717) is 0 Å². The highest BCUT2D eigenvalue weighted by Crippen LogP contribution is 2.55. The molecule has 0 radical (unpaired) electrons. The summed E-state index contributed by atoms with van der Waals surface area (Å²) in [6.45, 7) is 0. The summed E-state index contributed by atoms with van der Waals surface area (Å²) in [6.07, 6.45) is -19.2. The van der Waals surface area contributed by atoms with E-state index in [0.717, 1.165) is 18.2 Å². The molecule has 0 saturated heterocycles. The molecule has 0 aromatic heterocycles. The van der Waals surface area contributed by atoms with Crippen LogP contribution in [0, 0.1) is 5.82 Å². The van der Waals surface area contributed by atoms with Crippen molar-refractivity contribution in [3.63, 3.8) is 0 Å². The van der Waals surface area contributed by atoms with Crippen molar-refractivity contribution < 1.29 is 57.9 Å². The normalized spacial score (nSPS) is 12.7. The number of anilines is 2. The number of alkyl halides is 10. The van der Waals surface area contributed by atoms with Gasteiger partial charge in [0, 0.05) is 15.6 Å². The van der Waals surface area contributed by atoms with Gasteiger partial charge in [0.25, 0.3) is 11.8 Å². The number of nitrogens with one attached hydrogen (secondary N) is 2. The summed E-state index contributed by atoms with van der Waals surface area (Å²) in [5.74, 6) is -3.88. The van der Waals surface area contributed by atoms with E-state index in [1.165, 1.54) is 24.3 Å². The lowest BCUT2D eigenvalue weighted by Gasteiger charge is -2.31. The van der Waals surface area contributed by atoms with Gasteiger partial charge in [-0.15, -0.1) is 0 Å². The molecule has 3 rings (SSSR count). The molecule has 40 heavy (non-hydrogen) atoms. The molecule has 0 saturated carbocycles. The van der Waals surface area contributed by atoms with Gasteiger partial charge in [0.1, 0.15) is 0 Å². The summed E-state index contributed by atoms with van der Waals surface area (Å²) in [5.41, 5.74) is -13.9. The quantitative estimate of drug-likeness (QED) is 0.273. The third kappa shape index (κ3) is 5.90. The van der Waals surface area contributed by atoms with E-state index < -0.39 is 80.4 Å². The maximum absolute atomic E-state index is 15.0. The average Bonchev–Trinajstić information content (AvgIpc) is 2.84. The number of amides is 2. The van der Waals surface area contributed by atoms with Crippen LogP contribution < -0.4 is 10.6 Å². The Balaban J connectivity index is 2.05. The van der Waals surface area contributed by atoms with Crippen LogP contribution in [0.2, 0.25) is 0 Å². The molecule has 0 aliphatic rings. The lowest BCUT2D eigenvalue weighted by molar-refractivity contribution is -0.348. The van der Waals surface area contributed by atoms with E-state index in [-0.39, 0.29) is 11.6 Å². The zero-order chi connectivity index (χ0) is 30.3. The predicted octanol–water partition coefficient (Wildman–Crippen LogP) is 8.40. The summed E-state index contributed by atoms with van der Waals surface area (Å²) in [7, 11) is 0. The second-order valence-corrected chi connectivity index (χ2v) is 8.83. The third-order valence-corrected chi connectivity index (χ3v) is 5.97. The second-order valence-electron chi connectivity index (χ2n) is 7.97. The van der Waals surface area contributed by atoms with E-state index in [4.69, 9.17) is 0 Å². The molecule has 2 amide bonds. The SMILES string of the molecule is O=C(Nc1cccc(C(=O)Nc2c(Br)cc(C(F)(C(F)(F)F)C(F)(F)F)cc2C(F)(F)F)c1F)c1ccccc1. The lowest BCUT2D eigenvalue weighted by Crippen LogP contribution is -2.50. The van der Waals surface area contributed by atoms with Crippen LogP contribution in [-0.2, 0) is 11.8 Å². The zero-order valence-corrected chi connectivity index (χ0v) is 20.7. The van der Waals surface area contributed by atoms with E-state index >= 15 is 4.39 Å². The highest BCUT2D eigenvalue weighted by molar-refractivity contribution is 9.10. The minimum atomic E-state index is -6.72. The number of hydrogen-bond acceptors (Lipinski definition) is 2. The van der Waals surface area contributed by atoms with Crippen molar-refractivity contribution in [2.45, 2.75) is 24.2 Å². The summed E-state index contributed by atoms with van der Waals surface area (Å²) in [6, 6.07) is 9.13. The Hall–Kier alpha value is -3.69. The van der Waals surface area contributed by atoms with Crippen LogP contribution in [-0.4, -0.2) is 24.2 Å². The third-order valence-electron chi connectivity index (χ3n) is 5.34. The molecule has 214 valence electrons. The average molecular weight is 649 g/mol. The van der Waals surface area contributed by atoms with E-state index in [1.54, 1.807) is 11.4 Å². The van der Waals surface area contributed by atoms with Crippen LogP contribution in [0.4, 0.5) is 59.7 Å². The molecular weight excluding hydrogens is 637 g/mol. The van der Waals surface area contributed by atoms with Crippen LogP contribution in [0.15, 0.2) is 65.1 Å². The maximum Gasteiger partial charge on any atom is 0.435 e. The van der Waals surface area contributed by atoms with Crippen molar-refractivity contribution in [1.29, 1.82) is 0 Å². The number of benzene rings is 3. The standard InChI is InChI=1S/C24H12BrF11N2O2/c25-15-10-12(21(27,23(31,32)33)24(34,35)36)9-14(22(28,29)30)18(15)38-20(40)13-7-4-8-16(17(13)26)37-19(39)11-5-2-1-3-6-11/h1-10H,(H,37,39)(H,38,40). The lowest BCUT2D eigenvalue weighted by atomic mass is 9.92. The highest BCUT2D eigenvalue weighted by atomic mass is 79.9. The molecule has 0 aliphatic heterocycles. The molecule has 0 heterocycles. The molecule has 2 N–H and O–H groups in total. The molecule has 4 nitrogen and oxygen atoms in total. The van der Waals surface area contributed by atoms with Gasteiger partial charge in [0.05, 0.1) is 22.5 Å². The molecule has 3 aromatic rings. The van der Waals surface area contributed by atoms with Crippen LogP contribution in [0.1, 0.15) is 31.8 Å². The first kappa shape index (κ1) is 30.8. The Morgan fingerprint density at radius 2 is 1.27 bits per heavy atom. The smallest absolute Gasteiger partial charge is 0.320 e. The first-order valence-corrected chi connectivity index (χ1v) is 11.3. The van der Waals surface area contributed by atoms with E-state index in [1.807, 2.05) is 0 Å².